The number of fused-ring (bicyclic) bond motifs is 1. The predicted octanol–water partition coefficient (Wildman–Crippen LogP) is 3.32. The summed E-state index contributed by atoms with van der Waals surface area (Å²) in [5.41, 5.74) is 0.345. The SMILES string of the molecule is C=CCn1c(=NC(=O)C2CCCN2S(=O)(=O)c2ccc(OC)cc2)sc2cccc(F)c21. The molecule has 0 aliphatic carbocycles. The van der Waals surface area contributed by atoms with Gasteiger partial charge in [-0.1, -0.05) is 23.5 Å². The number of hydrogen-bond donors (Lipinski definition) is 0. The van der Waals surface area contributed by atoms with Gasteiger partial charge in [0.25, 0.3) is 5.91 Å². The van der Waals surface area contributed by atoms with Crippen LogP contribution < -0.4 is 9.54 Å². The van der Waals surface area contributed by atoms with Gasteiger partial charge in [-0.3, -0.25) is 4.79 Å². The maximum atomic E-state index is 14.4. The molecule has 3 aromatic rings. The average molecular weight is 476 g/mol. The van der Waals surface area contributed by atoms with E-state index in [-0.39, 0.29) is 18.0 Å². The van der Waals surface area contributed by atoms with Crippen molar-refractivity contribution in [1.82, 2.24) is 8.87 Å². The van der Waals surface area contributed by atoms with Crippen LogP contribution in [-0.2, 0) is 21.4 Å². The van der Waals surface area contributed by atoms with Gasteiger partial charge in [0.05, 0.1) is 22.2 Å². The van der Waals surface area contributed by atoms with Crippen LogP contribution in [0.2, 0.25) is 0 Å². The van der Waals surface area contributed by atoms with E-state index in [4.69, 9.17) is 4.74 Å². The van der Waals surface area contributed by atoms with Gasteiger partial charge in [0.1, 0.15) is 17.6 Å². The Morgan fingerprint density at radius 2 is 2.06 bits per heavy atom. The number of allylic oxidation sites excluding steroid dienone is 1. The van der Waals surface area contributed by atoms with Gasteiger partial charge in [-0.05, 0) is 49.2 Å². The van der Waals surface area contributed by atoms with Gasteiger partial charge in [0.2, 0.25) is 10.0 Å². The van der Waals surface area contributed by atoms with Crippen LogP contribution in [0.5, 0.6) is 5.75 Å². The first-order valence-corrected chi connectivity index (χ1v) is 12.3. The van der Waals surface area contributed by atoms with Crippen LogP contribution in [0.25, 0.3) is 10.2 Å². The fourth-order valence-corrected chi connectivity index (χ4v) is 6.51. The summed E-state index contributed by atoms with van der Waals surface area (Å²) in [5, 5.41) is 0. The van der Waals surface area contributed by atoms with Crippen molar-refractivity contribution in [3.63, 3.8) is 0 Å². The van der Waals surface area contributed by atoms with Gasteiger partial charge < -0.3 is 9.30 Å². The van der Waals surface area contributed by atoms with Gasteiger partial charge in [-0.25, -0.2) is 12.8 Å². The second-order valence-electron chi connectivity index (χ2n) is 7.27. The Morgan fingerprint density at radius 3 is 2.75 bits per heavy atom. The Balaban J connectivity index is 1.71. The average Bonchev–Trinajstić information content (AvgIpc) is 3.41. The lowest BCUT2D eigenvalue weighted by Gasteiger charge is -2.21. The minimum atomic E-state index is -3.88. The number of methoxy groups -OCH3 is 1. The Hall–Kier alpha value is -2.82. The molecule has 0 bridgehead atoms. The molecule has 1 atom stereocenters. The molecular weight excluding hydrogens is 453 g/mol. The normalized spacial score (nSPS) is 17.7. The molecule has 2 heterocycles. The molecule has 1 aliphatic heterocycles. The summed E-state index contributed by atoms with van der Waals surface area (Å²) in [7, 11) is -2.39. The van der Waals surface area contributed by atoms with Crippen LogP contribution in [0.4, 0.5) is 4.39 Å². The first-order valence-electron chi connectivity index (χ1n) is 10.00. The molecule has 1 aliphatic rings. The van der Waals surface area contributed by atoms with E-state index in [0.29, 0.717) is 33.6 Å². The van der Waals surface area contributed by atoms with E-state index in [1.54, 1.807) is 34.9 Å². The molecule has 0 radical (unpaired) electrons. The third-order valence-electron chi connectivity index (χ3n) is 5.32. The zero-order valence-corrected chi connectivity index (χ0v) is 19.0. The van der Waals surface area contributed by atoms with Gasteiger partial charge >= 0.3 is 0 Å². The second kappa shape index (κ2) is 8.97. The number of rotatable bonds is 6. The fraction of sp³-hybridized carbons (Fsp3) is 0.273. The number of ether oxygens (including phenoxy) is 1. The molecule has 2 aromatic carbocycles. The lowest BCUT2D eigenvalue weighted by Crippen LogP contribution is -2.40. The molecule has 1 unspecified atom stereocenters. The van der Waals surface area contributed by atoms with Gasteiger partial charge in [0, 0.05) is 13.1 Å². The first kappa shape index (κ1) is 22.4. The highest BCUT2D eigenvalue weighted by Crippen LogP contribution is 2.28. The molecule has 32 heavy (non-hydrogen) atoms. The van der Waals surface area contributed by atoms with E-state index in [1.807, 2.05) is 0 Å². The quantitative estimate of drug-likeness (QED) is 0.512. The highest BCUT2D eigenvalue weighted by atomic mass is 32.2. The first-order chi connectivity index (χ1) is 15.4. The molecule has 7 nitrogen and oxygen atoms in total. The number of hydrogen-bond acceptors (Lipinski definition) is 5. The number of para-hydroxylation sites is 1. The van der Waals surface area contributed by atoms with E-state index in [0.717, 1.165) is 0 Å². The number of amides is 1. The molecule has 1 aromatic heterocycles. The van der Waals surface area contributed by atoms with Gasteiger partial charge in [-0.15, -0.1) is 6.58 Å². The smallest absolute Gasteiger partial charge is 0.266 e. The standard InChI is InChI=1S/C22H22FN3O4S2/c1-3-13-25-20-17(23)6-4-8-19(20)31-22(25)24-21(27)18-7-5-14-26(18)32(28,29)16-11-9-15(30-2)10-12-16/h3-4,6,8-12,18H,1,5,7,13-14H2,2H3. The van der Waals surface area contributed by atoms with Crippen molar-refractivity contribution >= 4 is 37.5 Å². The molecule has 0 saturated carbocycles. The summed E-state index contributed by atoms with van der Waals surface area (Å²) in [5.74, 6) is -0.444. The monoisotopic (exact) mass is 475 g/mol. The number of aromatic nitrogens is 1. The van der Waals surface area contributed by atoms with Crippen LogP contribution in [-0.4, -0.2) is 42.9 Å². The number of benzene rings is 2. The number of thiazole rings is 1. The van der Waals surface area contributed by atoms with E-state index in [1.165, 1.54) is 41.0 Å². The van der Waals surface area contributed by atoms with Crippen molar-refractivity contribution in [1.29, 1.82) is 0 Å². The topological polar surface area (TPSA) is 81.0 Å². The fourth-order valence-electron chi connectivity index (χ4n) is 3.80. The zero-order chi connectivity index (χ0) is 22.9. The molecule has 168 valence electrons. The maximum absolute atomic E-state index is 14.4. The number of carbonyl (C=O) groups is 1. The Kier molecular flexibility index (Phi) is 6.27. The summed E-state index contributed by atoms with van der Waals surface area (Å²) < 4.78 is 49.3. The van der Waals surface area contributed by atoms with E-state index in [2.05, 4.69) is 11.6 Å². The van der Waals surface area contributed by atoms with Crippen molar-refractivity contribution in [2.75, 3.05) is 13.7 Å². The summed E-state index contributed by atoms with van der Waals surface area (Å²) in [6, 6.07) is 9.83. The molecule has 4 rings (SSSR count). The largest absolute Gasteiger partial charge is 0.497 e. The van der Waals surface area contributed by atoms with Gasteiger partial charge in [-0.2, -0.15) is 9.30 Å². The molecular formula is C22H22FN3O4S2. The summed E-state index contributed by atoms with van der Waals surface area (Å²) in [4.78, 5) is 17.7. The van der Waals surface area contributed by atoms with Crippen molar-refractivity contribution < 1.29 is 22.3 Å². The summed E-state index contributed by atoms with van der Waals surface area (Å²) in [6.45, 7) is 4.20. The van der Waals surface area contributed by atoms with Crippen LogP contribution in [0, 0.1) is 5.82 Å². The van der Waals surface area contributed by atoms with Crippen molar-refractivity contribution in [2.24, 2.45) is 4.99 Å². The molecule has 0 spiro atoms. The van der Waals surface area contributed by atoms with E-state index >= 15 is 0 Å². The maximum Gasteiger partial charge on any atom is 0.266 e. The highest BCUT2D eigenvalue weighted by molar-refractivity contribution is 7.89. The second-order valence-corrected chi connectivity index (χ2v) is 10.2. The van der Waals surface area contributed by atoms with Crippen molar-refractivity contribution in [2.45, 2.75) is 30.3 Å². The molecule has 10 heteroatoms. The number of nitrogens with zero attached hydrogens (tertiary/aromatic N) is 3. The van der Waals surface area contributed by atoms with Crippen LogP contribution in [0.15, 0.2) is 65.0 Å². The van der Waals surface area contributed by atoms with Crippen LogP contribution in [0.1, 0.15) is 12.8 Å². The summed E-state index contributed by atoms with van der Waals surface area (Å²) in [6.07, 6.45) is 2.52. The third-order valence-corrected chi connectivity index (χ3v) is 8.29. The van der Waals surface area contributed by atoms with Crippen LogP contribution >= 0.6 is 11.3 Å². The Morgan fingerprint density at radius 1 is 1.31 bits per heavy atom. The third kappa shape index (κ3) is 4.01. The lowest BCUT2D eigenvalue weighted by molar-refractivity contribution is -0.121. The van der Waals surface area contributed by atoms with Gasteiger partial charge in [0.15, 0.2) is 4.80 Å². The van der Waals surface area contributed by atoms with E-state index < -0.39 is 27.8 Å². The summed E-state index contributed by atoms with van der Waals surface area (Å²) >= 11 is 1.18. The minimum Gasteiger partial charge on any atom is -0.497 e. The Bertz CT molecular complexity index is 1340. The van der Waals surface area contributed by atoms with E-state index in [9.17, 15) is 17.6 Å². The lowest BCUT2D eigenvalue weighted by atomic mass is 10.2. The Labute approximate surface area is 189 Å². The number of sulfonamides is 1. The molecule has 1 amide bonds. The van der Waals surface area contributed by atoms with Crippen molar-refractivity contribution in [3.05, 3.63) is 65.7 Å². The zero-order valence-electron chi connectivity index (χ0n) is 17.4. The predicted molar refractivity (Wildman–Crippen MR) is 120 cm³/mol. The van der Waals surface area contributed by atoms with Crippen LogP contribution in [0.3, 0.4) is 0 Å². The van der Waals surface area contributed by atoms with Crippen molar-refractivity contribution in [3.8, 4) is 5.75 Å². The highest BCUT2D eigenvalue weighted by Gasteiger charge is 2.39. The molecule has 1 saturated heterocycles. The molecule has 0 N–H and O–H groups in total. The molecule has 1 fully saturated rings. The minimum absolute atomic E-state index is 0.0867. The number of halogens is 1. The number of carbonyl (C=O) groups excluding carboxylic acids is 1.